The summed E-state index contributed by atoms with van der Waals surface area (Å²) in [5.74, 6) is 1.10. The molecule has 4 nitrogen and oxygen atoms in total. The molecule has 0 amide bonds. The van der Waals surface area contributed by atoms with E-state index in [9.17, 15) is 0 Å². The number of aliphatic imine (C=N–C) groups is 1. The van der Waals surface area contributed by atoms with Gasteiger partial charge in [-0.3, -0.25) is 9.98 Å². The molecule has 2 aromatic rings. The van der Waals surface area contributed by atoms with Crippen LogP contribution in [-0.4, -0.2) is 24.0 Å². The van der Waals surface area contributed by atoms with Crippen molar-refractivity contribution in [3.63, 3.8) is 0 Å². The smallest absolute Gasteiger partial charge is 0.188 e. The number of rotatable bonds is 8. The van der Waals surface area contributed by atoms with E-state index in [1.807, 2.05) is 18.2 Å². The van der Waals surface area contributed by atoms with Crippen LogP contribution in [0.4, 0.5) is 0 Å². The lowest BCUT2D eigenvalue weighted by molar-refractivity contribution is 0.799. The van der Waals surface area contributed by atoms with Crippen molar-refractivity contribution in [2.75, 3.05) is 13.1 Å². The fourth-order valence-corrected chi connectivity index (χ4v) is 2.47. The highest BCUT2D eigenvalue weighted by molar-refractivity contribution is 5.77. The number of nitrogens with one attached hydrogen (secondary N) is 1. The van der Waals surface area contributed by atoms with Crippen LogP contribution in [0.2, 0.25) is 0 Å². The Morgan fingerprint density at radius 3 is 2.58 bits per heavy atom. The molecule has 24 heavy (non-hydrogen) atoms. The molecule has 0 aliphatic carbocycles. The molecule has 1 aromatic heterocycles. The van der Waals surface area contributed by atoms with Gasteiger partial charge in [0.1, 0.15) is 0 Å². The van der Waals surface area contributed by atoms with Crippen LogP contribution in [0.5, 0.6) is 0 Å². The fraction of sp³-hybridized carbons (Fsp3) is 0.400. The molecule has 4 heteroatoms. The number of nitrogens with two attached hydrogens (primary N) is 1. The summed E-state index contributed by atoms with van der Waals surface area (Å²) in [6, 6.07) is 14.8. The molecule has 2 rings (SSSR count). The Morgan fingerprint density at radius 1 is 1.12 bits per heavy atom. The van der Waals surface area contributed by atoms with Gasteiger partial charge in [-0.15, -0.1) is 0 Å². The first kappa shape index (κ1) is 18.0. The number of aryl methyl sites for hydroxylation is 1. The van der Waals surface area contributed by atoms with Crippen molar-refractivity contribution < 1.29 is 0 Å². The summed E-state index contributed by atoms with van der Waals surface area (Å²) in [4.78, 5) is 8.66. The van der Waals surface area contributed by atoms with Crippen molar-refractivity contribution in [1.82, 2.24) is 10.3 Å². The zero-order valence-corrected chi connectivity index (χ0v) is 14.7. The molecular formula is C20H28N4. The van der Waals surface area contributed by atoms with E-state index in [4.69, 9.17) is 5.73 Å². The van der Waals surface area contributed by atoms with Gasteiger partial charge in [0.2, 0.25) is 0 Å². The van der Waals surface area contributed by atoms with Crippen LogP contribution in [0, 0.1) is 0 Å². The summed E-state index contributed by atoms with van der Waals surface area (Å²) in [6.45, 7) is 5.93. The van der Waals surface area contributed by atoms with Gasteiger partial charge in [-0.25, -0.2) is 0 Å². The van der Waals surface area contributed by atoms with Gasteiger partial charge in [0.25, 0.3) is 0 Å². The molecule has 3 N–H and O–H groups in total. The number of hydrogen-bond acceptors (Lipinski definition) is 2. The fourth-order valence-electron chi connectivity index (χ4n) is 2.47. The average molecular weight is 324 g/mol. The van der Waals surface area contributed by atoms with Gasteiger partial charge >= 0.3 is 0 Å². The summed E-state index contributed by atoms with van der Waals surface area (Å²) in [7, 11) is 0. The SMILES string of the molecule is CC(C)c1ccc(CCCN=C(N)NCCc2ccccn2)cc1. The second-order valence-electron chi connectivity index (χ2n) is 6.26. The zero-order chi connectivity index (χ0) is 17.2. The van der Waals surface area contributed by atoms with Gasteiger partial charge in [0.15, 0.2) is 5.96 Å². The van der Waals surface area contributed by atoms with E-state index < -0.39 is 0 Å². The quantitative estimate of drug-likeness (QED) is 0.445. The molecular weight excluding hydrogens is 296 g/mol. The van der Waals surface area contributed by atoms with Crippen LogP contribution >= 0.6 is 0 Å². The Hall–Kier alpha value is -2.36. The maximum Gasteiger partial charge on any atom is 0.188 e. The Balaban J connectivity index is 1.64. The van der Waals surface area contributed by atoms with E-state index in [-0.39, 0.29) is 0 Å². The molecule has 128 valence electrons. The van der Waals surface area contributed by atoms with Crippen LogP contribution < -0.4 is 11.1 Å². The van der Waals surface area contributed by atoms with Crippen molar-refractivity contribution in [2.24, 2.45) is 10.7 Å². The van der Waals surface area contributed by atoms with Crippen molar-refractivity contribution in [3.8, 4) is 0 Å². The van der Waals surface area contributed by atoms with Gasteiger partial charge in [-0.05, 0) is 42.0 Å². The van der Waals surface area contributed by atoms with Gasteiger partial charge in [0, 0.05) is 31.4 Å². The average Bonchev–Trinajstić information content (AvgIpc) is 2.60. The molecule has 0 aliphatic rings. The Bertz CT molecular complexity index is 618. The van der Waals surface area contributed by atoms with Gasteiger partial charge < -0.3 is 11.1 Å². The predicted octanol–water partition coefficient (Wildman–Crippen LogP) is 3.28. The number of guanidine groups is 1. The van der Waals surface area contributed by atoms with E-state index in [0.29, 0.717) is 11.9 Å². The minimum Gasteiger partial charge on any atom is -0.370 e. The molecule has 0 saturated carbocycles. The Morgan fingerprint density at radius 2 is 1.92 bits per heavy atom. The van der Waals surface area contributed by atoms with Crippen LogP contribution in [-0.2, 0) is 12.8 Å². The molecule has 0 radical (unpaired) electrons. The van der Waals surface area contributed by atoms with Crippen molar-refractivity contribution >= 4 is 5.96 Å². The second-order valence-corrected chi connectivity index (χ2v) is 6.26. The number of nitrogens with zero attached hydrogens (tertiary/aromatic N) is 2. The van der Waals surface area contributed by atoms with Crippen LogP contribution in [0.3, 0.4) is 0 Å². The maximum absolute atomic E-state index is 5.89. The molecule has 0 saturated heterocycles. The molecule has 1 aromatic carbocycles. The van der Waals surface area contributed by atoms with Gasteiger partial charge in [-0.1, -0.05) is 44.2 Å². The van der Waals surface area contributed by atoms with Crippen LogP contribution in [0.1, 0.15) is 43.0 Å². The Kier molecular flexibility index (Phi) is 7.27. The maximum atomic E-state index is 5.89. The van der Waals surface area contributed by atoms with Crippen LogP contribution in [0.15, 0.2) is 53.7 Å². The summed E-state index contributed by atoms with van der Waals surface area (Å²) in [6.07, 6.45) is 4.69. The topological polar surface area (TPSA) is 63.3 Å². The first-order chi connectivity index (χ1) is 11.6. The highest BCUT2D eigenvalue weighted by Crippen LogP contribution is 2.15. The summed E-state index contributed by atoms with van der Waals surface area (Å²) in [5.41, 5.74) is 9.69. The number of benzene rings is 1. The predicted molar refractivity (Wildman–Crippen MR) is 101 cm³/mol. The minimum absolute atomic E-state index is 0.515. The largest absolute Gasteiger partial charge is 0.370 e. The van der Waals surface area contributed by atoms with E-state index in [0.717, 1.165) is 38.0 Å². The summed E-state index contributed by atoms with van der Waals surface area (Å²) < 4.78 is 0. The van der Waals surface area contributed by atoms with Crippen molar-refractivity contribution in [3.05, 3.63) is 65.5 Å². The third kappa shape index (κ3) is 6.41. The van der Waals surface area contributed by atoms with E-state index in [1.54, 1.807) is 6.20 Å². The molecule has 0 bridgehead atoms. The highest BCUT2D eigenvalue weighted by atomic mass is 15.1. The lowest BCUT2D eigenvalue weighted by atomic mass is 10.0. The Labute approximate surface area is 145 Å². The third-order valence-corrected chi connectivity index (χ3v) is 3.97. The molecule has 0 aliphatic heterocycles. The van der Waals surface area contributed by atoms with Crippen molar-refractivity contribution in [1.29, 1.82) is 0 Å². The lowest BCUT2D eigenvalue weighted by Crippen LogP contribution is -2.33. The van der Waals surface area contributed by atoms with Gasteiger partial charge in [-0.2, -0.15) is 0 Å². The molecule has 0 unspecified atom stereocenters. The van der Waals surface area contributed by atoms with E-state index >= 15 is 0 Å². The molecule has 0 fully saturated rings. The summed E-state index contributed by atoms with van der Waals surface area (Å²) >= 11 is 0. The second kappa shape index (κ2) is 9.71. The number of pyridine rings is 1. The molecule has 1 heterocycles. The van der Waals surface area contributed by atoms with Crippen molar-refractivity contribution in [2.45, 2.75) is 39.0 Å². The standard InChI is InChI=1S/C20H28N4/c1-16(2)18-10-8-17(9-11-18)6-5-14-23-20(21)24-15-12-19-7-3-4-13-22-19/h3-4,7-11,13,16H,5-6,12,14-15H2,1-2H3,(H3,21,23,24). The van der Waals surface area contributed by atoms with Crippen LogP contribution in [0.25, 0.3) is 0 Å². The lowest BCUT2D eigenvalue weighted by Gasteiger charge is -2.07. The van der Waals surface area contributed by atoms with E-state index in [1.165, 1.54) is 11.1 Å². The minimum atomic E-state index is 0.515. The molecule has 0 atom stereocenters. The summed E-state index contributed by atoms with van der Waals surface area (Å²) in [5, 5.41) is 3.14. The number of aromatic nitrogens is 1. The normalized spacial score (nSPS) is 11.7. The molecule has 0 spiro atoms. The highest BCUT2D eigenvalue weighted by Gasteiger charge is 1.99. The first-order valence-corrected chi connectivity index (χ1v) is 8.67. The monoisotopic (exact) mass is 324 g/mol. The first-order valence-electron chi connectivity index (χ1n) is 8.67. The zero-order valence-electron chi connectivity index (χ0n) is 14.7. The third-order valence-electron chi connectivity index (χ3n) is 3.97. The number of hydrogen-bond donors (Lipinski definition) is 2. The van der Waals surface area contributed by atoms with Gasteiger partial charge in [0.05, 0.1) is 0 Å². The van der Waals surface area contributed by atoms with E-state index in [2.05, 4.69) is 53.4 Å².